The Morgan fingerprint density at radius 1 is 1.80 bits per heavy atom. The summed E-state index contributed by atoms with van der Waals surface area (Å²) in [4.78, 5) is 11.7. The van der Waals surface area contributed by atoms with Crippen LogP contribution in [0.2, 0.25) is 0 Å². The maximum atomic E-state index is 11.7. The van der Waals surface area contributed by atoms with Crippen LogP contribution in [0.1, 0.15) is 26.0 Å². The molecule has 1 heterocycles. The lowest BCUT2D eigenvalue weighted by Gasteiger charge is -2.16. The van der Waals surface area contributed by atoms with E-state index in [0.29, 0.717) is 12.1 Å². The zero-order chi connectivity index (χ0) is 11.5. The summed E-state index contributed by atoms with van der Waals surface area (Å²) in [6, 6.07) is 3.58. The SMILES string of the molecule is CCC(C)(C#N)C(=O)Nc1cc(C)no1. The maximum absolute atomic E-state index is 11.7. The van der Waals surface area contributed by atoms with Gasteiger partial charge in [0.05, 0.1) is 11.8 Å². The fourth-order valence-corrected chi connectivity index (χ4v) is 0.963. The third-order valence-electron chi connectivity index (χ3n) is 2.32. The number of amides is 1. The number of hydrogen-bond acceptors (Lipinski definition) is 4. The van der Waals surface area contributed by atoms with Crippen LogP contribution in [0.4, 0.5) is 5.88 Å². The highest BCUT2D eigenvalue weighted by molar-refractivity contribution is 5.95. The zero-order valence-corrected chi connectivity index (χ0v) is 9.00. The fourth-order valence-electron chi connectivity index (χ4n) is 0.963. The van der Waals surface area contributed by atoms with E-state index in [9.17, 15) is 4.79 Å². The number of carbonyl (C=O) groups excluding carboxylic acids is 1. The standard InChI is InChI=1S/C10H13N3O2/c1-4-10(3,6-11)9(14)12-8-5-7(2)13-15-8/h5H,4H2,1-3H3,(H,12,14). The molecule has 5 nitrogen and oxygen atoms in total. The molecule has 0 aliphatic heterocycles. The lowest BCUT2D eigenvalue weighted by Crippen LogP contribution is -2.31. The summed E-state index contributed by atoms with van der Waals surface area (Å²) < 4.78 is 4.83. The fraction of sp³-hybridized carbons (Fsp3) is 0.500. The Bertz CT molecular complexity index is 405. The maximum Gasteiger partial charge on any atom is 0.246 e. The van der Waals surface area contributed by atoms with Gasteiger partial charge in [-0.2, -0.15) is 5.26 Å². The molecule has 0 bridgehead atoms. The highest BCUT2D eigenvalue weighted by atomic mass is 16.5. The Morgan fingerprint density at radius 3 is 2.87 bits per heavy atom. The van der Waals surface area contributed by atoms with Gasteiger partial charge in [-0.15, -0.1) is 0 Å². The Hall–Kier alpha value is -1.83. The third kappa shape index (κ3) is 2.34. The van der Waals surface area contributed by atoms with Gasteiger partial charge in [-0.3, -0.25) is 10.1 Å². The van der Waals surface area contributed by atoms with Crippen LogP contribution in [0.5, 0.6) is 0 Å². The molecule has 0 fully saturated rings. The van der Waals surface area contributed by atoms with Crippen molar-refractivity contribution >= 4 is 11.8 Å². The van der Waals surface area contributed by atoms with Gasteiger partial charge in [-0.05, 0) is 20.3 Å². The van der Waals surface area contributed by atoms with Crippen molar-refractivity contribution in [2.75, 3.05) is 5.32 Å². The molecule has 0 aliphatic rings. The molecule has 1 aromatic heterocycles. The molecule has 1 N–H and O–H groups in total. The van der Waals surface area contributed by atoms with Crippen LogP contribution in [0.3, 0.4) is 0 Å². The number of nitriles is 1. The van der Waals surface area contributed by atoms with E-state index < -0.39 is 5.41 Å². The van der Waals surface area contributed by atoms with Gasteiger partial charge in [0.15, 0.2) is 0 Å². The second-order valence-electron chi connectivity index (χ2n) is 3.58. The first kappa shape index (κ1) is 11.2. The molecule has 0 aliphatic carbocycles. The summed E-state index contributed by atoms with van der Waals surface area (Å²) in [5.74, 6) is -0.101. The monoisotopic (exact) mass is 207 g/mol. The van der Waals surface area contributed by atoms with Crippen LogP contribution in [0.25, 0.3) is 0 Å². The van der Waals surface area contributed by atoms with Crippen molar-refractivity contribution in [2.45, 2.75) is 27.2 Å². The van der Waals surface area contributed by atoms with E-state index in [1.54, 1.807) is 26.8 Å². The van der Waals surface area contributed by atoms with Crippen molar-refractivity contribution in [3.05, 3.63) is 11.8 Å². The van der Waals surface area contributed by atoms with Gasteiger partial charge in [-0.25, -0.2) is 0 Å². The molecule has 15 heavy (non-hydrogen) atoms. The summed E-state index contributed by atoms with van der Waals surface area (Å²) in [6.07, 6.45) is 0.447. The van der Waals surface area contributed by atoms with Crippen LogP contribution in [-0.2, 0) is 4.79 Å². The molecular weight excluding hydrogens is 194 g/mol. The van der Waals surface area contributed by atoms with Gasteiger partial charge >= 0.3 is 0 Å². The van der Waals surface area contributed by atoms with E-state index >= 15 is 0 Å². The topological polar surface area (TPSA) is 78.9 Å². The lowest BCUT2D eigenvalue weighted by atomic mass is 9.88. The average molecular weight is 207 g/mol. The minimum Gasteiger partial charge on any atom is -0.338 e. The first-order valence-corrected chi connectivity index (χ1v) is 4.68. The highest BCUT2D eigenvalue weighted by Crippen LogP contribution is 2.22. The highest BCUT2D eigenvalue weighted by Gasteiger charge is 2.31. The lowest BCUT2D eigenvalue weighted by molar-refractivity contribution is -0.122. The number of rotatable bonds is 3. The summed E-state index contributed by atoms with van der Waals surface area (Å²) in [6.45, 7) is 5.13. The number of nitrogens with one attached hydrogen (secondary N) is 1. The van der Waals surface area contributed by atoms with Crippen LogP contribution in [0, 0.1) is 23.7 Å². The molecule has 1 unspecified atom stereocenters. The molecule has 1 rings (SSSR count). The largest absolute Gasteiger partial charge is 0.338 e. The van der Waals surface area contributed by atoms with Gasteiger partial charge in [0.1, 0.15) is 5.41 Å². The van der Waals surface area contributed by atoms with E-state index in [1.165, 1.54) is 0 Å². The first-order valence-electron chi connectivity index (χ1n) is 4.68. The first-order chi connectivity index (χ1) is 7.01. The van der Waals surface area contributed by atoms with Gasteiger partial charge in [0.2, 0.25) is 11.8 Å². The van der Waals surface area contributed by atoms with Crippen LogP contribution in [0.15, 0.2) is 10.6 Å². The van der Waals surface area contributed by atoms with Gasteiger partial charge < -0.3 is 4.52 Å². The number of hydrogen-bond donors (Lipinski definition) is 1. The smallest absolute Gasteiger partial charge is 0.246 e. The molecule has 1 aromatic rings. The predicted molar refractivity (Wildman–Crippen MR) is 53.9 cm³/mol. The minimum atomic E-state index is -1.03. The number of aryl methyl sites for hydroxylation is 1. The second-order valence-corrected chi connectivity index (χ2v) is 3.58. The molecule has 1 atom stereocenters. The molecule has 0 saturated heterocycles. The minimum absolute atomic E-state index is 0.271. The van der Waals surface area contributed by atoms with Crippen molar-refractivity contribution in [2.24, 2.45) is 5.41 Å². The summed E-state index contributed by atoms with van der Waals surface area (Å²) in [7, 11) is 0. The zero-order valence-electron chi connectivity index (χ0n) is 9.00. The molecule has 5 heteroatoms. The predicted octanol–water partition coefficient (Wildman–Crippen LogP) is 1.86. The average Bonchev–Trinajstić information content (AvgIpc) is 2.62. The molecule has 1 amide bonds. The number of anilines is 1. The van der Waals surface area contributed by atoms with Crippen molar-refractivity contribution in [3.63, 3.8) is 0 Å². The quantitative estimate of drug-likeness (QED) is 0.820. The normalized spacial score (nSPS) is 14.0. The van der Waals surface area contributed by atoms with Crippen molar-refractivity contribution in [1.29, 1.82) is 5.26 Å². The summed E-state index contributed by atoms with van der Waals surface area (Å²) in [5, 5.41) is 15.0. The Kier molecular flexibility index (Phi) is 3.10. The van der Waals surface area contributed by atoms with E-state index in [0.717, 1.165) is 0 Å². The van der Waals surface area contributed by atoms with Crippen LogP contribution < -0.4 is 5.32 Å². The number of aromatic nitrogens is 1. The molecule has 0 spiro atoms. The summed E-state index contributed by atoms with van der Waals surface area (Å²) >= 11 is 0. The third-order valence-corrected chi connectivity index (χ3v) is 2.32. The molecular formula is C10H13N3O2. The van der Waals surface area contributed by atoms with E-state index in [1.807, 2.05) is 6.07 Å². The number of carbonyl (C=O) groups is 1. The molecule has 80 valence electrons. The Labute approximate surface area is 88.1 Å². The Morgan fingerprint density at radius 2 is 2.47 bits per heavy atom. The number of nitrogens with zero attached hydrogens (tertiary/aromatic N) is 2. The Balaban J connectivity index is 2.76. The van der Waals surface area contributed by atoms with Crippen LogP contribution in [-0.4, -0.2) is 11.1 Å². The summed E-state index contributed by atoms with van der Waals surface area (Å²) in [5.41, 5.74) is -0.346. The van der Waals surface area contributed by atoms with Crippen LogP contribution >= 0.6 is 0 Å². The van der Waals surface area contributed by atoms with Gasteiger partial charge in [0, 0.05) is 6.07 Å². The van der Waals surface area contributed by atoms with Crippen molar-refractivity contribution in [3.8, 4) is 6.07 Å². The molecule has 0 saturated carbocycles. The van der Waals surface area contributed by atoms with E-state index in [4.69, 9.17) is 9.78 Å². The van der Waals surface area contributed by atoms with E-state index in [2.05, 4.69) is 10.5 Å². The molecule has 0 aromatic carbocycles. The van der Waals surface area contributed by atoms with Crippen molar-refractivity contribution < 1.29 is 9.32 Å². The molecule has 0 radical (unpaired) electrons. The van der Waals surface area contributed by atoms with Gasteiger partial charge in [-0.1, -0.05) is 12.1 Å². The second kappa shape index (κ2) is 4.13. The van der Waals surface area contributed by atoms with Gasteiger partial charge in [0.25, 0.3) is 0 Å². The van der Waals surface area contributed by atoms with Crippen molar-refractivity contribution in [1.82, 2.24) is 5.16 Å². The van der Waals surface area contributed by atoms with E-state index in [-0.39, 0.29) is 11.8 Å².